The molecule has 1 aromatic rings. The molecule has 6 heteroatoms. The Labute approximate surface area is 118 Å². The first-order chi connectivity index (χ1) is 9.76. The van der Waals surface area contributed by atoms with Gasteiger partial charge in [0.2, 0.25) is 5.82 Å². The number of hydrogen-bond acceptors (Lipinski definition) is 6. The van der Waals surface area contributed by atoms with Gasteiger partial charge in [-0.25, -0.2) is 14.8 Å². The Balaban J connectivity index is 2.21. The standard InChI is InChI=1S/C14H21N3O3/c1-20-14(19)13-15-8-7-12(16-13)17(9-10-18)11-5-3-2-4-6-11/h7-8,11,18H,2-6,9-10H2,1H3. The van der Waals surface area contributed by atoms with Gasteiger partial charge in [0.1, 0.15) is 5.82 Å². The number of carbonyl (C=O) groups is 1. The molecule has 1 aliphatic carbocycles. The zero-order valence-electron chi connectivity index (χ0n) is 11.8. The monoisotopic (exact) mass is 279 g/mol. The van der Waals surface area contributed by atoms with Crippen molar-refractivity contribution in [2.24, 2.45) is 0 Å². The van der Waals surface area contributed by atoms with Gasteiger partial charge in [-0.05, 0) is 18.9 Å². The Morgan fingerprint density at radius 3 is 2.85 bits per heavy atom. The predicted octanol–water partition coefficient (Wildman–Crippen LogP) is 1.39. The molecule has 0 spiro atoms. The topological polar surface area (TPSA) is 75.5 Å². The van der Waals surface area contributed by atoms with Crippen molar-refractivity contribution in [2.75, 3.05) is 25.2 Å². The minimum Gasteiger partial charge on any atom is -0.463 e. The third kappa shape index (κ3) is 3.45. The molecule has 0 atom stereocenters. The maximum Gasteiger partial charge on any atom is 0.376 e. The van der Waals surface area contributed by atoms with Crippen molar-refractivity contribution in [3.63, 3.8) is 0 Å². The predicted molar refractivity (Wildman–Crippen MR) is 74.7 cm³/mol. The summed E-state index contributed by atoms with van der Waals surface area (Å²) in [5.74, 6) is 0.199. The van der Waals surface area contributed by atoms with E-state index in [0.717, 1.165) is 12.8 Å². The van der Waals surface area contributed by atoms with Gasteiger partial charge >= 0.3 is 5.97 Å². The maximum absolute atomic E-state index is 11.5. The van der Waals surface area contributed by atoms with E-state index in [-0.39, 0.29) is 12.4 Å². The van der Waals surface area contributed by atoms with Crippen molar-refractivity contribution in [3.05, 3.63) is 18.1 Å². The van der Waals surface area contributed by atoms with Crippen LogP contribution in [0.3, 0.4) is 0 Å². The SMILES string of the molecule is COC(=O)c1nccc(N(CCO)C2CCCCC2)n1. The lowest BCUT2D eigenvalue weighted by atomic mass is 9.94. The number of carbonyl (C=O) groups excluding carboxylic acids is 1. The van der Waals surface area contributed by atoms with Crippen LogP contribution in [0.15, 0.2) is 12.3 Å². The molecule has 0 amide bonds. The minimum absolute atomic E-state index is 0.0590. The van der Waals surface area contributed by atoms with Crippen molar-refractivity contribution < 1.29 is 14.6 Å². The fourth-order valence-corrected chi connectivity index (χ4v) is 2.68. The molecule has 1 saturated carbocycles. The van der Waals surface area contributed by atoms with Crippen molar-refractivity contribution in [3.8, 4) is 0 Å². The molecular weight excluding hydrogens is 258 g/mol. The van der Waals surface area contributed by atoms with E-state index in [1.807, 2.05) is 0 Å². The van der Waals surface area contributed by atoms with Gasteiger partial charge in [0.25, 0.3) is 0 Å². The molecule has 0 aliphatic heterocycles. The number of aliphatic hydroxyl groups excluding tert-OH is 1. The molecule has 2 rings (SSSR count). The molecule has 0 bridgehead atoms. The van der Waals surface area contributed by atoms with E-state index in [9.17, 15) is 9.90 Å². The number of hydrogen-bond donors (Lipinski definition) is 1. The highest BCUT2D eigenvalue weighted by Gasteiger charge is 2.23. The van der Waals surface area contributed by atoms with Gasteiger partial charge < -0.3 is 14.7 Å². The molecule has 0 unspecified atom stereocenters. The average molecular weight is 279 g/mol. The Bertz CT molecular complexity index is 447. The molecule has 1 aliphatic rings. The second-order valence-corrected chi connectivity index (χ2v) is 4.94. The molecular formula is C14H21N3O3. The Morgan fingerprint density at radius 2 is 2.20 bits per heavy atom. The number of rotatable bonds is 5. The normalized spacial score (nSPS) is 15.9. The zero-order valence-corrected chi connectivity index (χ0v) is 11.8. The van der Waals surface area contributed by atoms with Crippen LogP contribution in [0.25, 0.3) is 0 Å². The van der Waals surface area contributed by atoms with E-state index < -0.39 is 5.97 Å². The van der Waals surface area contributed by atoms with Crippen molar-refractivity contribution in [1.82, 2.24) is 9.97 Å². The summed E-state index contributed by atoms with van der Waals surface area (Å²) in [6, 6.07) is 2.15. The molecule has 1 fully saturated rings. The average Bonchev–Trinajstić information content (AvgIpc) is 2.52. The minimum atomic E-state index is -0.542. The van der Waals surface area contributed by atoms with Gasteiger partial charge in [-0.3, -0.25) is 0 Å². The number of aromatic nitrogens is 2. The highest BCUT2D eigenvalue weighted by atomic mass is 16.5. The van der Waals surface area contributed by atoms with E-state index in [2.05, 4.69) is 19.6 Å². The molecule has 6 nitrogen and oxygen atoms in total. The number of esters is 1. The third-order valence-electron chi connectivity index (χ3n) is 3.66. The first-order valence-corrected chi connectivity index (χ1v) is 7.05. The Hall–Kier alpha value is -1.69. The van der Waals surface area contributed by atoms with E-state index in [0.29, 0.717) is 18.4 Å². The summed E-state index contributed by atoms with van der Waals surface area (Å²) < 4.78 is 4.64. The van der Waals surface area contributed by atoms with Gasteiger partial charge in [0.05, 0.1) is 13.7 Å². The van der Waals surface area contributed by atoms with Crippen LogP contribution in [0.1, 0.15) is 42.7 Å². The van der Waals surface area contributed by atoms with Gasteiger partial charge in [-0.15, -0.1) is 0 Å². The van der Waals surface area contributed by atoms with E-state index in [1.165, 1.54) is 26.4 Å². The van der Waals surface area contributed by atoms with Gasteiger partial charge in [0.15, 0.2) is 0 Å². The number of methoxy groups -OCH3 is 1. The molecule has 110 valence electrons. The molecule has 0 saturated heterocycles. The first-order valence-electron chi connectivity index (χ1n) is 7.05. The van der Waals surface area contributed by atoms with Gasteiger partial charge in [-0.1, -0.05) is 19.3 Å². The maximum atomic E-state index is 11.5. The fraction of sp³-hybridized carbons (Fsp3) is 0.643. The van der Waals surface area contributed by atoms with Crippen LogP contribution in [0.4, 0.5) is 5.82 Å². The number of anilines is 1. The molecule has 1 aromatic heterocycles. The lowest BCUT2D eigenvalue weighted by Crippen LogP contribution is -2.39. The summed E-state index contributed by atoms with van der Waals surface area (Å²) >= 11 is 0. The van der Waals surface area contributed by atoms with Crippen LogP contribution in [0.5, 0.6) is 0 Å². The lowest BCUT2D eigenvalue weighted by Gasteiger charge is -2.34. The summed E-state index contributed by atoms with van der Waals surface area (Å²) in [6.45, 7) is 0.580. The van der Waals surface area contributed by atoms with Crippen molar-refractivity contribution in [1.29, 1.82) is 0 Å². The van der Waals surface area contributed by atoms with E-state index >= 15 is 0 Å². The molecule has 0 aromatic carbocycles. The summed E-state index contributed by atoms with van der Waals surface area (Å²) in [5.41, 5.74) is 0. The molecule has 20 heavy (non-hydrogen) atoms. The second kappa shape index (κ2) is 7.19. The summed E-state index contributed by atoms with van der Waals surface area (Å²) in [5, 5.41) is 9.28. The first kappa shape index (κ1) is 14.7. The molecule has 0 radical (unpaired) electrons. The number of aliphatic hydroxyl groups is 1. The second-order valence-electron chi connectivity index (χ2n) is 4.94. The molecule has 1 heterocycles. The van der Waals surface area contributed by atoms with Crippen LogP contribution in [-0.2, 0) is 4.74 Å². The van der Waals surface area contributed by atoms with E-state index in [1.54, 1.807) is 12.3 Å². The van der Waals surface area contributed by atoms with Crippen LogP contribution >= 0.6 is 0 Å². The van der Waals surface area contributed by atoms with E-state index in [4.69, 9.17) is 0 Å². The number of nitrogens with zero attached hydrogens (tertiary/aromatic N) is 3. The van der Waals surface area contributed by atoms with Crippen LogP contribution in [0, 0.1) is 0 Å². The summed E-state index contributed by atoms with van der Waals surface area (Å²) in [4.78, 5) is 21.8. The zero-order chi connectivity index (χ0) is 14.4. The van der Waals surface area contributed by atoms with Crippen LogP contribution in [0.2, 0.25) is 0 Å². The quantitative estimate of drug-likeness (QED) is 0.821. The Kier molecular flexibility index (Phi) is 5.29. The largest absolute Gasteiger partial charge is 0.463 e. The van der Waals surface area contributed by atoms with Crippen molar-refractivity contribution in [2.45, 2.75) is 38.1 Å². The smallest absolute Gasteiger partial charge is 0.376 e. The lowest BCUT2D eigenvalue weighted by molar-refractivity contribution is 0.0586. The molecule has 1 N–H and O–H groups in total. The van der Waals surface area contributed by atoms with Gasteiger partial charge in [0, 0.05) is 18.8 Å². The van der Waals surface area contributed by atoms with Crippen LogP contribution < -0.4 is 4.90 Å². The summed E-state index contributed by atoms with van der Waals surface area (Å²) in [7, 11) is 1.31. The summed E-state index contributed by atoms with van der Waals surface area (Å²) in [6.07, 6.45) is 7.40. The van der Waals surface area contributed by atoms with Gasteiger partial charge in [-0.2, -0.15) is 0 Å². The number of ether oxygens (including phenoxy) is 1. The Morgan fingerprint density at radius 1 is 1.45 bits per heavy atom. The third-order valence-corrected chi connectivity index (χ3v) is 3.66. The fourth-order valence-electron chi connectivity index (χ4n) is 2.68. The van der Waals surface area contributed by atoms with Crippen molar-refractivity contribution >= 4 is 11.8 Å². The highest BCUT2D eigenvalue weighted by molar-refractivity contribution is 5.85. The highest BCUT2D eigenvalue weighted by Crippen LogP contribution is 2.25. The van der Waals surface area contributed by atoms with Crippen LogP contribution in [-0.4, -0.2) is 47.3 Å².